The Bertz CT molecular complexity index is 264. The highest BCUT2D eigenvalue weighted by atomic mass is 16.2. The zero-order valence-electron chi connectivity index (χ0n) is 8.95. The van der Waals surface area contributed by atoms with Gasteiger partial charge in [0.1, 0.15) is 0 Å². The van der Waals surface area contributed by atoms with Gasteiger partial charge in [-0.15, -0.1) is 0 Å². The van der Waals surface area contributed by atoms with Crippen LogP contribution in [0.3, 0.4) is 0 Å². The summed E-state index contributed by atoms with van der Waals surface area (Å²) in [5.41, 5.74) is 0. The summed E-state index contributed by atoms with van der Waals surface area (Å²) in [5, 5.41) is 6.01. The van der Waals surface area contributed by atoms with Crippen molar-refractivity contribution in [3.63, 3.8) is 0 Å². The summed E-state index contributed by atoms with van der Waals surface area (Å²) >= 11 is 0. The molecule has 0 saturated carbocycles. The summed E-state index contributed by atoms with van der Waals surface area (Å²) in [7, 11) is 0. The first-order valence-electron chi connectivity index (χ1n) is 5.43. The number of hydrogen-bond acceptors (Lipinski definition) is 3. The molecular weight excluding hydrogens is 194 g/mol. The minimum Gasteiger partial charge on any atom is -0.356 e. The van der Waals surface area contributed by atoms with Crippen LogP contribution < -0.4 is 10.6 Å². The molecule has 2 unspecified atom stereocenters. The lowest BCUT2D eigenvalue weighted by atomic mass is 9.91. The number of piperidine rings is 1. The second-order valence-electron chi connectivity index (χ2n) is 4.33. The third kappa shape index (κ3) is 2.47. The predicted molar refractivity (Wildman–Crippen MR) is 55.2 cm³/mol. The normalized spacial score (nSPS) is 28.2. The molecule has 15 heavy (non-hydrogen) atoms. The van der Waals surface area contributed by atoms with E-state index in [4.69, 9.17) is 0 Å². The number of nitrogens with one attached hydrogen (secondary N) is 2. The van der Waals surface area contributed by atoms with Crippen molar-refractivity contribution in [2.45, 2.75) is 31.8 Å². The molecular formula is C10H17N3O2. The highest BCUT2D eigenvalue weighted by Crippen LogP contribution is 2.20. The van der Waals surface area contributed by atoms with Crippen molar-refractivity contribution >= 4 is 11.8 Å². The molecule has 84 valence electrons. The van der Waals surface area contributed by atoms with Gasteiger partial charge >= 0.3 is 0 Å². The second kappa shape index (κ2) is 4.18. The molecule has 0 aromatic carbocycles. The molecule has 2 atom stereocenters. The van der Waals surface area contributed by atoms with Gasteiger partial charge in [0, 0.05) is 45.1 Å². The van der Waals surface area contributed by atoms with Gasteiger partial charge < -0.3 is 15.5 Å². The van der Waals surface area contributed by atoms with Crippen molar-refractivity contribution in [3.8, 4) is 0 Å². The summed E-state index contributed by atoms with van der Waals surface area (Å²) in [6, 6.07) is 1.02. The molecule has 3 saturated heterocycles. The van der Waals surface area contributed by atoms with Crippen LogP contribution in [0, 0.1) is 0 Å². The van der Waals surface area contributed by atoms with Gasteiger partial charge in [0.2, 0.25) is 11.8 Å². The Morgan fingerprint density at radius 3 is 2.53 bits per heavy atom. The Kier molecular flexibility index (Phi) is 2.90. The molecule has 0 aromatic heterocycles. The predicted octanol–water partition coefficient (Wildman–Crippen LogP) is -0.915. The molecule has 3 fully saturated rings. The fraction of sp³-hybridized carbons (Fsp3) is 0.800. The molecule has 0 spiro atoms. The smallest absolute Gasteiger partial charge is 0.224 e. The summed E-state index contributed by atoms with van der Waals surface area (Å²) < 4.78 is 0. The van der Waals surface area contributed by atoms with Crippen LogP contribution in [0.5, 0.6) is 0 Å². The average molecular weight is 211 g/mol. The fourth-order valence-corrected chi connectivity index (χ4v) is 2.22. The van der Waals surface area contributed by atoms with E-state index in [1.54, 1.807) is 0 Å². The standard InChI is InChI=1S/C10H17N3O2/c1-7(14)11-3-2-10(15)13-5-8-4-9(6-13)12-8/h8-9,12H,2-6H2,1H3,(H,11,14). The second-order valence-corrected chi connectivity index (χ2v) is 4.33. The van der Waals surface area contributed by atoms with Gasteiger partial charge in [-0.25, -0.2) is 0 Å². The molecule has 2 amide bonds. The van der Waals surface area contributed by atoms with Crippen molar-refractivity contribution in [2.24, 2.45) is 0 Å². The Labute approximate surface area is 89.2 Å². The van der Waals surface area contributed by atoms with Crippen LogP contribution in [0.25, 0.3) is 0 Å². The first kappa shape index (κ1) is 10.4. The largest absolute Gasteiger partial charge is 0.356 e. The van der Waals surface area contributed by atoms with Gasteiger partial charge in [0.25, 0.3) is 0 Å². The lowest BCUT2D eigenvalue weighted by molar-refractivity contribution is -0.135. The fourth-order valence-electron chi connectivity index (χ4n) is 2.22. The highest BCUT2D eigenvalue weighted by Gasteiger charge is 2.37. The van der Waals surface area contributed by atoms with Gasteiger partial charge in [-0.2, -0.15) is 0 Å². The van der Waals surface area contributed by atoms with Gasteiger partial charge in [-0.3, -0.25) is 9.59 Å². The van der Waals surface area contributed by atoms with E-state index >= 15 is 0 Å². The number of nitrogens with zero attached hydrogens (tertiary/aromatic N) is 1. The lowest BCUT2D eigenvalue weighted by Gasteiger charge is -2.48. The molecule has 0 aliphatic carbocycles. The number of carbonyl (C=O) groups excluding carboxylic acids is 2. The SMILES string of the molecule is CC(=O)NCCC(=O)N1CC2CC(C1)N2. The van der Waals surface area contributed by atoms with E-state index in [2.05, 4.69) is 10.6 Å². The number of amides is 2. The summed E-state index contributed by atoms with van der Waals surface area (Å²) in [5.74, 6) is 0.0749. The monoisotopic (exact) mass is 211 g/mol. The summed E-state index contributed by atoms with van der Waals surface area (Å²) in [6.07, 6.45) is 1.62. The average Bonchev–Trinajstić information content (AvgIpc) is 2.16. The quantitative estimate of drug-likeness (QED) is 0.635. The van der Waals surface area contributed by atoms with Crippen molar-refractivity contribution in [1.29, 1.82) is 0 Å². The lowest BCUT2D eigenvalue weighted by Crippen LogP contribution is -2.67. The Morgan fingerprint density at radius 2 is 2.00 bits per heavy atom. The van der Waals surface area contributed by atoms with Crippen molar-refractivity contribution in [2.75, 3.05) is 19.6 Å². The Morgan fingerprint density at radius 1 is 1.40 bits per heavy atom. The first-order valence-corrected chi connectivity index (χ1v) is 5.43. The third-order valence-corrected chi connectivity index (χ3v) is 2.99. The molecule has 0 radical (unpaired) electrons. The molecule has 3 aliphatic heterocycles. The van der Waals surface area contributed by atoms with Gasteiger partial charge in [0.15, 0.2) is 0 Å². The number of fused-ring (bicyclic) bond motifs is 2. The van der Waals surface area contributed by atoms with Crippen LogP contribution in [0.15, 0.2) is 0 Å². The van der Waals surface area contributed by atoms with Crippen LogP contribution in [0.2, 0.25) is 0 Å². The number of hydrogen-bond donors (Lipinski definition) is 2. The molecule has 3 rings (SSSR count). The zero-order valence-corrected chi connectivity index (χ0v) is 8.95. The minimum atomic E-state index is -0.0778. The van der Waals surface area contributed by atoms with E-state index in [1.165, 1.54) is 13.3 Å². The highest BCUT2D eigenvalue weighted by molar-refractivity contribution is 5.78. The number of piperazine rings is 1. The molecule has 5 heteroatoms. The van der Waals surface area contributed by atoms with Crippen LogP contribution in [-0.2, 0) is 9.59 Å². The van der Waals surface area contributed by atoms with Crippen molar-refractivity contribution in [3.05, 3.63) is 0 Å². The molecule has 5 nitrogen and oxygen atoms in total. The topological polar surface area (TPSA) is 61.4 Å². The summed E-state index contributed by atoms with van der Waals surface area (Å²) in [6.45, 7) is 3.57. The van der Waals surface area contributed by atoms with E-state index in [9.17, 15) is 9.59 Å². The van der Waals surface area contributed by atoms with E-state index in [-0.39, 0.29) is 11.8 Å². The molecule has 3 heterocycles. The molecule has 0 aromatic rings. The zero-order chi connectivity index (χ0) is 10.8. The van der Waals surface area contributed by atoms with Gasteiger partial charge in [-0.05, 0) is 6.42 Å². The first-order chi connectivity index (χ1) is 7.15. The van der Waals surface area contributed by atoms with E-state index in [1.807, 2.05) is 4.90 Å². The van der Waals surface area contributed by atoms with Crippen LogP contribution >= 0.6 is 0 Å². The van der Waals surface area contributed by atoms with Crippen molar-refractivity contribution in [1.82, 2.24) is 15.5 Å². The van der Waals surface area contributed by atoms with Gasteiger partial charge in [0.05, 0.1) is 0 Å². The van der Waals surface area contributed by atoms with E-state index in [0.717, 1.165) is 13.1 Å². The maximum absolute atomic E-state index is 11.7. The summed E-state index contributed by atoms with van der Waals surface area (Å²) in [4.78, 5) is 24.2. The minimum absolute atomic E-state index is 0.0778. The third-order valence-electron chi connectivity index (χ3n) is 2.99. The number of carbonyl (C=O) groups is 2. The van der Waals surface area contributed by atoms with E-state index in [0.29, 0.717) is 25.0 Å². The number of rotatable bonds is 3. The van der Waals surface area contributed by atoms with Crippen LogP contribution in [-0.4, -0.2) is 48.4 Å². The Hall–Kier alpha value is -1.10. The van der Waals surface area contributed by atoms with Crippen LogP contribution in [0.4, 0.5) is 0 Å². The van der Waals surface area contributed by atoms with Crippen LogP contribution in [0.1, 0.15) is 19.8 Å². The van der Waals surface area contributed by atoms with Gasteiger partial charge in [-0.1, -0.05) is 0 Å². The maximum atomic E-state index is 11.7. The van der Waals surface area contributed by atoms with Crippen molar-refractivity contribution < 1.29 is 9.59 Å². The maximum Gasteiger partial charge on any atom is 0.224 e. The Balaban J connectivity index is 1.69. The molecule has 2 N–H and O–H groups in total. The van der Waals surface area contributed by atoms with E-state index < -0.39 is 0 Å². The molecule has 2 bridgehead atoms. The molecule has 3 aliphatic rings.